The van der Waals surface area contributed by atoms with Gasteiger partial charge in [0, 0.05) is 12.6 Å². The Hall–Kier alpha value is -0.120. The van der Waals surface area contributed by atoms with Crippen LogP contribution in [0.1, 0.15) is 26.2 Å². The summed E-state index contributed by atoms with van der Waals surface area (Å²) in [4.78, 5) is 2.46. The van der Waals surface area contributed by atoms with E-state index >= 15 is 0 Å². The molecular weight excluding hydrogens is 164 g/mol. The number of nitrogens with two attached hydrogens (primary N) is 1. The van der Waals surface area contributed by atoms with Gasteiger partial charge in [-0.1, -0.05) is 0 Å². The number of rotatable bonds is 3. The highest BCUT2D eigenvalue weighted by molar-refractivity contribution is 4.88. The van der Waals surface area contributed by atoms with Crippen LogP contribution in [-0.2, 0) is 4.74 Å². The zero-order valence-corrected chi connectivity index (χ0v) is 8.41. The normalized spacial score (nSPS) is 37.4. The van der Waals surface area contributed by atoms with Gasteiger partial charge in [0.2, 0.25) is 0 Å². The first-order valence-corrected chi connectivity index (χ1v) is 5.41. The second-order valence-corrected chi connectivity index (χ2v) is 4.26. The van der Waals surface area contributed by atoms with Crippen molar-refractivity contribution in [2.45, 2.75) is 44.4 Å². The van der Waals surface area contributed by atoms with Crippen molar-refractivity contribution in [3.05, 3.63) is 0 Å². The van der Waals surface area contributed by atoms with Crippen LogP contribution < -0.4 is 5.73 Å². The molecule has 76 valence electrons. The van der Waals surface area contributed by atoms with Gasteiger partial charge in [0.15, 0.2) is 0 Å². The van der Waals surface area contributed by atoms with Crippen LogP contribution in [0.3, 0.4) is 0 Å². The van der Waals surface area contributed by atoms with Crippen molar-refractivity contribution >= 4 is 0 Å². The van der Waals surface area contributed by atoms with E-state index in [1.807, 2.05) is 0 Å². The van der Waals surface area contributed by atoms with Gasteiger partial charge in [0.1, 0.15) is 0 Å². The largest absolute Gasteiger partial charge is 0.374 e. The van der Waals surface area contributed by atoms with Crippen LogP contribution in [-0.4, -0.2) is 42.8 Å². The third-order valence-corrected chi connectivity index (χ3v) is 3.30. The summed E-state index contributed by atoms with van der Waals surface area (Å²) in [5.41, 5.74) is 5.79. The molecule has 0 saturated carbocycles. The van der Waals surface area contributed by atoms with Crippen LogP contribution in [0.25, 0.3) is 0 Å². The molecule has 3 atom stereocenters. The van der Waals surface area contributed by atoms with E-state index in [0.717, 1.165) is 6.54 Å². The molecule has 2 N–H and O–H groups in total. The fourth-order valence-corrected chi connectivity index (χ4v) is 2.32. The molecule has 2 aliphatic heterocycles. The second kappa shape index (κ2) is 3.95. The van der Waals surface area contributed by atoms with Crippen LogP contribution in [0, 0.1) is 0 Å². The quantitative estimate of drug-likeness (QED) is 0.697. The van der Waals surface area contributed by atoms with Gasteiger partial charge in [0.05, 0.1) is 12.2 Å². The van der Waals surface area contributed by atoms with E-state index in [9.17, 15) is 0 Å². The first-order chi connectivity index (χ1) is 6.31. The number of ether oxygens (including phenoxy) is 1. The Morgan fingerprint density at radius 3 is 2.62 bits per heavy atom. The number of likely N-dealkylation sites (tertiary alicyclic amines) is 1. The maximum absolute atomic E-state index is 5.85. The second-order valence-electron chi connectivity index (χ2n) is 4.26. The van der Waals surface area contributed by atoms with Gasteiger partial charge in [-0.2, -0.15) is 0 Å². The van der Waals surface area contributed by atoms with Gasteiger partial charge in [0.25, 0.3) is 0 Å². The predicted molar refractivity (Wildman–Crippen MR) is 52.6 cm³/mol. The zero-order chi connectivity index (χ0) is 9.26. The van der Waals surface area contributed by atoms with Crippen LogP contribution in [0.2, 0.25) is 0 Å². The number of hydrogen-bond donors (Lipinski definition) is 1. The van der Waals surface area contributed by atoms with Crippen LogP contribution in [0.15, 0.2) is 0 Å². The van der Waals surface area contributed by atoms with Crippen molar-refractivity contribution < 1.29 is 4.74 Å². The molecule has 13 heavy (non-hydrogen) atoms. The van der Waals surface area contributed by atoms with Crippen molar-refractivity contribution in [3.8, 4) is 0 Å². The zero-order valence-electron chi connectivity index (χ0n) is 8.41. The molecule has 3 heteroatoms. The number of hydrogen-bond acceptors (Lipinski definition) is 3. The van der Waals surface area contributed by atoms with Crippen molar-refractivity contribution in [1.82, 2.24) is 4.90 Å². The SMILES string of the molecule is CC1CCC(C(CN)N2CCC2)O1. The standard InChI is InChI=1S/C10H20N2O/c1-8-3-4-10(13-8)9(7-11)12-5-2-6-12/h8-10H,2-7,11H2,1H3. The number of nitrogens with zero attached hydrogens (tertiary/aromatic N) is 1. The van der Waals surface area contributed by atoms with Crippen molar-refractivity contribution in [2.75, 3.05) is 19.6 Å². The topological polar surface area (TPSA) is 38.5 Å². The third kappa shape index (κ3) is 1.87. The lowest BCUT2D eigenvalue weighted by Crippen LogP contribution is -2.54. The lowest BCUT2D eigenvalue weighted by molar-refractivity contribution is -0.0225. The van der Waals surface area contributed by atoms with Gasteiger partial charge in [-0.05, 0) is 39.3 Å². The molecular formula is C10H20N2O. The van der Waals surface area contributed by atoms with Gasteiger partial charge in [-0.25, -0.2) is 0 Å². The van der Waals surface area contributed by atoms with Gasteiger partial charge in [-0.15, -0.1) is 0 Å². The van der Waals surface area contributed by atoms with Gasteiger partial charge < -0.3 is 10.5 Å². The summed E-state index contributed by atoms with van der Waals surface area (Å²) in [5.74, 6) is 0. The average Bonchev–Trinajstić information content (AvgIpc) is 2.43. The molecule has 0 aromatic rings. The first-order valence-electron chi connectivity index (χ1n) is 5.41. The molecule has 3 nitrogen and oxygen atoms in total. The van der Waals surface area contributed by atoms with Gasteiger partial charge in [-0.3, -0.25) is 4.90 Å². The Balaban J connectivity index is 1.88. The van der Waals surface area contributed by atoms with Gasteiger partial charge >= 0.3 is 0 Å². The lowest BCUT2D eigenvalue weighted by atomic mass is 10.0. The Bertz CT molecular complexity index is 170. The highest BCUT2D eigenvalue weighted by Gasteiger charge is 2.34. The van der Waals surface area contributed by atoms with E-state index in [-0.39, 0.29) is 0 Å². The van der Waals surface area contributed by atoms with Crippen LogP contribution in [0.5, 0.6) is 0 Å². The minimum absolute atomic E-state index is 0.403. The van der Waals surface area contributed by atoms with E-state index in [1.165, 1.54) is 32.4 Å². The summed E-state index contributed by atoms with van der Waals surface area (Å²) in [6.07, 6.45) is 4.58. The Labute approximate surface area is 80.2 Å². The molecule has 0 aliphatic carbocycles. The molecule has 0 amide bonds. The molecule has 0 aromatic heterocycles. The van der Waals surface area contributed by atoms with E-state index in [0.29, 0.717) is 18.2 Å². The Kier molecular flexibility index (Phi) is 2.86. The van der Waals surface area contributed by atoms with E-state index in [1.54, 1.807) is 0 Å². The predicted octanol–water partition coefficient (Wildman–Crippen LogP) is 0.587. The molecule has 2 fully saturated rings. The molecule has 0 aromatic carbocycles. The molecule has 0 radical (unpaired) electrons. The summed E-state index contributed by atoms with van der Waals surface area (Å²) >= 11 is 0. The first kappa shape index (κ1) is 9.44. The van der Waals surface area contributed by atoms with E-state index in [4.69, 9.17) is 10.5 Å². The molecule has 3 unspecified atom stereocenters. The van der Waals surface area contributed by atoms with Crippen LogP contribution >= 0.6 is 0 Å². The van der Waals surface area contributed by atoms with Crippen LogP contribution in [0.4, 0.5) is 0 Å². The summed E-state index contributed by atoms with van der Waals surface area (Å²) in [6, 6.07) is 0.485. The minimum atomic E-state index is 0.403. The average molecular weight is 184 g/mol. The Morgan fingerprint density at radius 1 is 1.46 bits per heavy atom. The minimum Gasteiger partial charge on any atom is -0.374 e. The van der Waals surface area contributed by atoms with Crippen molar-refractivity contribution in [1.29, 1.82) is 0 Å². The Morgan fingerprint density at radius 2 is 2.23 bits per heavy atom. The monoisotopic (exact) mass is 184 g/mol. The highest BCUT2D eigenvalue weighted by Crippen LogP contribution is 2.26. The molecule has 2 saturated heterocycles. The van der Waals surface area contributed by atoms with E-state index in [2.05, 4.69) is 11.8 Å². The maximum Gasteiger partial charge on any atom is 0.0747 e. The molecule has 2 aliphatic rings. The third-order valence-electron chi connectivity index (χ3n) is 3.30. The molecule has 0 bridgehead atoms. The summed E-state index contributed by atoms with van der Waals surface area (Å²) in [5, 5.41) is 0. The summed E-state index contributed by atoms with van der Waals surface area (Å²) in [6.45, 7) is 5.34. The molecule has 0 spiro atoms. The highest BCUT2D eigenvalue weighted by atomic mass is 16.5. The van der Waals surface area contributed by atoms with E-state index < -0.39 is 0 Å². The smallest absolute Gasteiger partial charge is 0.0747 e. The maximum atomic E-state index is 5.85. The van der Waals surface area contributed by atoms with Crippen molar-refractivity contribution in [2.24, 2.45) is 5.73 Å². The summed E-state index contributed by atoms with van der Waals surface area (Å²) in [7, 11) is 0. The van der Waals surface area contributed by atoms with Crippen molar-refractivity contribution in [3.63, 3.8) is 0 Å². The summed E-state index contributed by atoms with van der Waals surface area (Å²) < 4.78 is 5.85. The fraction of sp³-hybridized carbons (Fsp3) is 1.00. The molecule has 2 heterocycles. The lowest BCUT2D eigenvalue weighted by Gasteiger charge is -2.40. The molecule has 2 rings (SSSR count). The fourth-order valence-electron chi connectivity index (χ4n) is 2.32.